The van der Waals surface area contributed by atoms with Gasteiger partial charge in [-0.2, -0.15) is 4.31 Å². The molecule has 1 saturated carbocycles. The van der Waals surface area contributed by atoms with Crippen LogP contribution in [-0.2, 0) is 24.4 Å². The van der Waals surface area contributed by atoms with E-state index in [4.69, 9.17) is 4.42 Å². The van der Waals surface area contributed by atoms with Gasteiger partial charge in [0.1, 0.15) is 11.8 Å². The highest BCUT2D eigenvalue weighted by molar-refractivity contribution is 7.89. The lowest BCUT2D eigenvalue weighted by Crippen LogP contribution is -2.52. The molecule has 0 unspecified atom stereocenters. The van der Waals surface area contributed by atoms with Crippen LogP contribution < -0.4 is 10.6 Å². The van der Waals surface area contributed by atoms with Gasteiger partial charge < -0.3 is 15.1 Å². The molecule has 0 spiro atoms. The van der Waals surface area contributed by atoms with Crippen molar-refractivity contribution in [2.24, 2.45) is 5.92 Å². The summed E-state index contributed by atoms with van der Waals surface area (Å²) < 4.78 is 31.5. The topological polar surface area (TPSA) is 139 Å². The molecule has 210 valence electrons. The lowest BCUT2D eigenvalue weighted by molar-refractivity contribution is -0.130. The number of nitrogens with one attached hydrogen (secondary N) is 2. The lowest BCUT2D eigenvalue weighted by Gasteiger charge is -2.27. The molecule has 2 atom stereocenters. The first-order valence-electron chi connectivity index (χ1n) is 13.2. The molecule has 0 radical (unpaired) electrons. The maximum atomic E-state index is 12.9. The minimum atomic E-state index is -3.93. The fraction of sp³-hybridized carbons (Fsp3) is 0.556. The number of rotatable bonds is 13. The largest absolute Gasteiger partial charge is 0.470 e. The van der Waals surface area contributed by atoms with E-state index in [0.717, 1.165) is 35.7 Å². The van der Waals surface area contributed by atoms with Crippen LogP contribution in [0.2, 0.25) is 0 Å². The van der Waals surface area contributed by atoms with Crippen LogP contribution in [0.4, 0.5) is 0 Å². The predicted molar refractivity (Wildman–Crippen MR) is 144 cm³/mol. The van der Waals surface area contributed by atoms with Crippen LogP contribution in [0.15, 0.2) is 52.2 Å². The van der Waals surface area contributed by atoms with Gasteiger partial charge in [-0.15, -0.1) is 0 Å². The molecule has 0 aliphatic heterocycles. The van der Waals surface area contributed by atoms with Crippen molar-refractivity contribution in [3.05, 3.63) is 48.6 Å². The quantitative estimate of drug-likeness (QED) is 0.366. The number of hydrogen-bond acceptors (Lipinski definition) is 7. The Morgan fingerprint density at radius 2 is 1.87 bits per heavy atom. The molecule has 2 aromatic heterocycles. The second-order valence-electron chi connectivity index (χ2n) is 9.34. The van der Waals surface area contributed by atoms with Crippen molar-refractivity contribution in [2.45, 2.75) is 82.8 Å². The van der Waals surface area contributed by atoms with Crippen molar-refractivity contribution in [1.82, 2.24) is 19.9 Å². The summed E-state index contributed by atoms with van der Waals surface area (Å²) in [5.74, 6) is 0.500. The molecule has 0 aromatic carbocycles. The molecular weight excluding hydrogens is 508 g/mol. The molecule has 11 heteroatoms. The van der Waals surface area contributed by atoms with Crippen molar-refractivity contribution in [1.29, 1.82) is 0 Å². The summed E-state index contributed by atoms with van der Waals surface area (Å²) in [5.41, 5.74) is 0. The first kappa shape index (κ1) is 31.2. The van der Waals surface area contributed by atoms with Crippen LogP contribution in [0.5, 0.6) is 0 Å². The maximum Gasteiger partial charge on any atom is 0.260 e. The highest BCUT2D eigenvalue weighted by Gasteiger charge is 2.31. The number of aryl methyl sites for hydroxylation is 1. The number of sulfonamides is 1. The number of hydrogen-bond donors (Lipinski definition) is 2. The molecule has 2 amide bonds. The lowest BCUT2D eigenvalue weighted by atomic mass is 9.84. The summed E-state index contributed by atoms with van der Waals surface area (Å²) in [5, 5.41) is 5.16. The van der Waals surface area contributed by atoms with E-state index in [1.807, 2.05) is 19.1 Å². The summed E-state index contributed by atoms with van der Waals surface area (Å²) >= 11 is 0. The van der Waals surface area contributed by atoms with Gasteiger partial charge in [-0.1, -0.05) is 52.0 Å². The van der Waals surface area contributed by atoms with E-state index in [0.29, 0.717) is 25.2 Å². The van der Waals surface area contributed by atoms with Gasteiger partial charge in [-0.05, 0) is 49.9 Å². The van der Waals surface area contributed by atoms with Crippen molar-refractivity contribution in [3.63, 3.8) is 0 Å². The second kappa shape index (κ2) is 16.0. The minimum Gasteiger partial charge on any atom is -0.470 e. The van der Waals surface area contributed by atoms with Crippen LogP contribution in [-0.4, -0.2) is 61.0 Å². The SMILES string of the molecule is CC[C@H](NC(=O)[C@H](CC1CCCCC1)NC=O)C(=O)CN(CC)S(=O)(=O)c1ccccn1.Cc1ccco1. The third kappa shape index (κ3) is 9.68. The Balaban J connectivity index is 0.000000739. The van der Waals surface area contributed by atoms with Gasteiger partial charge in [-0.25, -0.2) is 13.4 Å². The molecule has 0 bridgehead atoms. The molecule has 3 rings (SSSR count). The average Bonchev–Trinajstić information content (AvgIpc) is 3.42. The molecule has 0 saturated heterocycles. The Hall–Kier alpha value is -3.05. The third-order valence-electron chi connectivity index (χ3n) is 6.58. The smallest absolute Gasteiger partial charge is 0.260 e. The van der Waals surface area contributed by atoms with Gasteiger partial charge in [0.2, 0.25) is 12.3 Å². The zero-order valence-corrected chi connectivity index (χ0v) is 23.3. The maximum absolute atomic E-state index is 12.9. The number of nitrogens with zero attached hydrogens (tertiary/aromatic N) is 2. The molecule has 2 N–H and O–H groups in total. The number of Topliss-reactive ketones (excluding diaryl/α,β-unsaturated/α-hetero) is 1. The minimum absolute atomic E-state index is 0.0893. The number of likely N-dealkylation sites (N-methyl/N-ethyl adjacent to an activating group) is 1. The number of carbonyl (C=O) groups is 3. The molecule has 1 aliphatic carbocycles. The summed E-state index contributed by atoms with van der Waals surface area (Å²) in [4.78, 5) is 40.7. The zero-order chi connectivity index (χ0) is 28.0. The summed E-state index contributed by atoms with van der Waals surface area (Å²) in [6, 6.07) is 6.78. The molecule has 2 aromatic rings. The van der Waals surface area contributed by atoms with Gasteiger partial charge in [0, 0.05) is 12.7 Å². The van der Waals surface area contributed by atoms with E-state index in [2.05, 4.69) is 15.6 Å². The van der Waals surface area contributed by atoms with E-state index >= 15 is 0 Å². The Bertz CT molecular complexity index is 1090. The average molecular weight is 549 g/mol. The number of amides is 2. The first-order valence-corrected chi connectivity index (χ1v) is 14.6. The van der Waals surface area contributed by atoms with E-state index in [1.54, 1.807) is 32.2 Å². The van der Waals surface area contributed by atoms with Gasteiger partial charge >= 0.3 is 0 Å². The molecule has 2 heterocycles. The number of pyridine rings is 1. The van der Waals surface area contributed by atoms with Crippen molar-refractivity contribution in [2.75, 3.05) is 13.1 Å². The fourth-order valence-corrected chi connectivity index (χ4v) is 5.76. The fourth-order valence-electron chi connectivity index (χ4n) is 4.41. The second-order valence-corrected chi connectivity index (χ2v) is 11.2. The van der Waals surface area contributed by atoms with Crippen molar-refractivity contribution in [3.8, 4) is 0 Å². The Kier molecular flexibility index (Phi) is 13.1. The Morgan fingerprint density at radius 1 is 1.13 bits per heavy atom. The summed E-state index contributed by atoms with van der Waals surface area (Å²) in [6.45, 7) is 5.02. The van der Waals surface area contributed by atoms with Crippen LogP contribution >= 0.6 is 0 Å². The number of carbonyl (C=O) groups excluding carboxylic acids is 3. The molecule has 1 aliphatic rings. The molecular formula is C27H40N4O6S. The Morgan fingerprint density at radius 3 is 2.37 bits per heavy atom. The van der Waals surface area contributed by atoms with E-state index in [-0.39, 0.29) is 18.1 Å². The van der Waals surface area contributed by atoms with Gasteiger partial charge in [0.05, 0.1) is 18.8 Å². The van der Waals surface area contributed by atoms with Crippen LogP contribution in [0.25, 0.3) is 0 Å². The normalized spacial score (nSPS) is 15.6. The number of ketones is 1. The van der Waals surface area contributed by atoms with Crippen molar-refractivity contribution >= 4 is 28.1 Å². The zero-order valence-electron chi connectivity index (χ0n) is 22.5. The van der Waals surface area contributed by atoms with Gasteiger partial charge in [-0.3, -0.25) is 14.4 Å². The van der Waals surface area contributed by atoms with Crippen LogP contribution in [0.1, 0.15) is 64.6 Å². The van der Waals surface area contributed by atoms with Gasteiger partial charge in [0.25, 0.3) is 10.0 Å². The molecule has 1 fully saturated rings. The Labute approximate surface area is 225 Å². The summed E-state index contributed by atoms with van der Waals surface area (Å²) in [7, 11) is -3.93. The molecule has 38 heavy (non-hydrogen) atoms. The monoisotopic (exact) mass is 548 g/mol. The number of aromatic nitrogens is 1. The third-order valence-corrected chi connectivity index (χ3v) is 8.42. The van der Waals surface area contributed by atoms with E-state index in [1.165, 1.54) is 18.7 Å². The predicted octanol–water partition coefficient (Wildman–Crippen LogP) is 3.23. The van der Waals surface area contributed by atoms with Gasteiger partial charge in [0.15, 0.2) is 10.8 Å². The van der Waals surface area contributed by atoms with Crippen molar-refractivity contribution < 1.29 is 27.2 Å². The molecule has 10 nitrogen and oxygen atoms in total. The first-order chi connectivity index (χ1) is 18.2. The van der Waals surface area contributed by atoms with Crippen LogP contribution in [0.3, 0.4) is 0 Å². The number of furan rings is 1. The highest BCUT2D eigenvalue weighted by atomic mass is 32.2. The highest BCUT2D eigenvalue weighted by Crippen LogP contribution is 2.27. The van der Waals surface area contributed by atoms with E-state index < -0.39 is 33.8 Å². The summed E-state index contributed by atoms with van der Waals surface area (Å²) in [6.07, 6.45) is 9.87. The standard InChI is InChI=1S/C22H34N4O5S.C5H6O/c1-3-18(25-22(29)19(24-16-27)14-17-10-6-5-7-11-17)20(28)15-26(4-2)32(30,31)21-12-8-9-13-23-21;1-5-3-2-4-6-5/h8-9,12-13,16-19H,3-7,10-11,14-15H2,1-2H3,(H,24,27)(H,25,29);2-4H,1H3/t18-,19-;/m0./s1. The van der Waals surface area contributed by atoms with E-state index in [9.17, 15) is 22.8 Å². The van der Waals surface area contributed by atoms with Crippen LogP contribution in [0, 0.1) is 12.8 Å².